The molecule has 4 nitrogen and oxygen atoms in total. The number of rotatable bonds is 1. The first-order valence-corrected chi connectivity index (χ1v) is 4.92. The van der Waals surface area contributed by atoms with Crippen molar-refractivity contribution in [3.63, 3.8) is 0 Å². The van der Waals surface area contributed by atoms with Crippen molar-refractivity contribution in [3.8, 4) is 0 Å². The summed E-state index contributed by atoms with van der Waals surface area (Å²) in [6.07, 6.45) is 0. The van der Waals surface area contributed by atoms with E-state index in [2.05, 4.69) is 26.0 Å². The Hall–Kier alpha value is 0.120. The van der Waals surface area contributed by atoms with Gasteiger partial charge in [0.25, 0.3) is 0 Å². The fourth-order valence-electron chi connectivity index (χ4n) is 1.37. The maximum Gasteiger partial charge on any atom is 0.248 e. The minimum absolute atomic E-state index is 0.160. The Morgan fingerprint density at radius 2 is 2.33 bits per heavy atom. The van der Waals surface area contributed by atoms with Crippen molar-refractivity contribution in [1.82, 2.24) is 8.01 Å². The van der Waals surface area contributed by atoms with Gasteiger partial charge in [-0.05, 0) is 6.92 Å². The second-order valence-electron chi connectivity index (χ2n) is 2.96. The standard InChI is InChI=1S/C7H13IN2O2/c1-6-4-9(8)2-3-10(6)7(12)5-11/h6,11H,2-5H2,1H3/t6-/m1/s1. The Labute approximate surface area is 86.0 Å². The van der Waals surface area contributed by atoms with Gasteiger partial charge in [0.05, 0.1) is 0 Å². The van der Waals surface area contributed by atoms with Gasteiger partial charge in [0.15, 0.2) is 0 Å². The summed E-state index contributed by atoms with van der Waals surface area (Å²) >= 11 is 2.25. The molecule has 1 fully saturated rings. The fraction of sp³-hybridized carbons (Fsp3) is 0.857. The van der Waals surface area contributed by atoms with E-state index >= 15 is 0 Å². The number of nitrogens with zero attached hydrogens (tertiary/aromatic N) is 2. The number of aliphatic hydroxyl groups is 1. The lowest BCUT2D eigenvalue weighted by Gasteiger charge is -2.36. The van der Waals surface area contributed by atoms with Crippen LogP contribution in [0, 0.1) is 0 Å². The van der Waals surface area contributed by atoms with Gasteiger partial charge in [-0.3, -0.25) is 4.79 Å². The smallest absolute Gasteiger partial charge is 0.248 e. The van der Waals surface area contributed by atoms with Crippen molar-refractivity contribution < 1.29 is 9.90 Å². The van der Waals surface area contributed by atoms with Crippen molar-refractivity contribution >= 4 is 28.8 Å². The lowest BCUT2D eigenvalue weighted by Crippen LogP contribution is -2.51. The predicted molar refractivity (Wildman–Crippen MR) is 53.9 cm³/mol. The molecule has 1 N–H and O–H groups in total. The van der Waals surface area contributed by atoms with Gasteiger partial charge < -0.3 is 10.0 Å². The molecular formula is C7H13IN2O2. The monoisotopic (exact) mass is 284 g/mol. The molecule has 1 amide bonds. The van der Waals surface area contributed by atoms with Gasteiger partial charge >= 0.3 is 0 Å². The fourth-order valence-corrected chi connectivity index (χ4v) is 2.16. The molecule has 1 rings (SSSR count). The molecule has 0 radical (unpaired) electrons. The normalized spacial score (nSPS) is 25.9. The number of amides is 1. The van der Waals surface area contributed by atoms with E-state index in [0.717, 1.165) is 19.6 Å². The van der Waals surface area contributed by atoms with Crippen LogP contribution in [-0.2, 0) is 4.79 Å². The van der Waals surface area contributed by atoms with Gasteiger partial charge in [-0.25, -0.2) is 3.11 Å². The lowest BCUT2D eigenvalue weighted by atomic mass is 10.2. The molecule has 0 bridgehead atoms. The van der Waals surface area contributed by atoms with E-state index in [1.165, 1.54) is 0 Å². The van der Waals surface area contributed by atoms with E-state index in [1.807, 2.05) is 6.92 Å². The van der Waals surface area contributed by atoms with Gasteiger partial charge in [0.2, 0.25) is 5.91 Å². The predicted octanol–water partition coefficient (Wildman–Crippen LogP) is -0.139. The largest absolute Gasteiger partial charge is 0.387 e. The Bertz CT molecular complexity index is 177. The van der Waals surface area contributed by atoms with Crippen LogP contribution in [0.2, 0.25) is 0 Å². The third-order valence-electron chi connectivity index (χ3n) is 2.03. The van der Waals surface area contributed by atoms with E-state index in [1.54, 1.807) is 4.90 Å². The summed E-state index contributed by atoms with van der Waals surface area (Å²) in [6, 6.07) is 0.218. The van der Waals surface area contributed by atoms with E-state index in [4.69, 9.17) is 5.11 Å². The van der Waals surface area contributed by atoms with Crippen LogP contribution in [0.15, 0.2) is 0 Å². The number of hydrogen-bond donors (Lipinski definition) is 1. The molecular weight excluding hydrogens is 271 g/mol. The zero-order chi connectivity index (χ0) is 9.14. The van der Waals surface area contributed by atoms with Gasteiger partial charge in [-0.1, -0.05) is 0 Å². The Kier molecular flexibility index (Phi) is 3.73. The number of aliphatic hydroxyl groups excluding tert-OH is 1. The molecule has 0 aromatic rings. The van der Waals surface area contributed by atoms with Crippen LogP contribution >= 0.6 is 22.9 Å². The molecule has 1 aliphatic rings. The molecule has 0 unspecified atom stereocenters. The summed E-state index contributed by atoms with van der Waals surface area (Å²) in [5.41, 5.74) is 0. The minimum Gasteiger partial charge on any atom is -0.387 e. The Morgan fingerprint density at radius 3 is 2.83 bits per heavy atom. The third-order valence-corrected chi connectivity index (χ3v) is 2.91. The lowest BCUT2D eigenvalue weighted by molar-refractivity contribution is -0.137. The molecule has 0 aliphatic carbocycles. The van der Waals surface area contributed by atoms with E-state index in [9.17, 15) is 4.79 Å². The van der Waals surface area contributed by atoms with Crippen LogP contribution in [0.25, 0.3) is 0 Å². The molecule has 1 aliphatic heterocycles. The van der Waals surface area contributed by atoms with Crippen LogP contribution in [0.3, 0.4) is 0 Å². The molecule has 1 heterocycles. The summed E-state index contributed by atoms with van der Waals surface area (Å²) in [7, 11) is 0. The number of carbonyl (C=O) groups excluding carboxylic acids is 1. The summed E-state index contributed by atoms with van der Waals surface area (Å²) < 4.78 is 2.16. The number of carbonyl (C=O) groups is 1. The van der Waals surface area contributed by atoms with Gasteiger partial charge in [-0.2, -0.15) is 0 Å². The quantitative estimate of drug-likeness (QED) is 0.538. The first kappa shape index (κ1) is 10.2. The van der Waals surface area contributed by atoms with Gasteiger partial charge in [0.1, 0.15) is 6.61 Å². The zero-order valence-corrected chi connectivity index (χ0v) is 9.19. The average molecular weight is 284 g/mol. The van der Waals surface area contributed by atoms with Crippen LogP contribution < -0.4 is 0 Å². The Balaban J connectivity index is 2.50. The van der Waals surface area contributed by atoms with Crippen molar-refractivity contribution in [1.29, 1.82) is 0 Å². The van der Waals surface area contributed by atoms with E-state index in [-0.39, 0.29) is 18.6 Å². The molecule has 0 aromatic carbocycles. The molecule has 0 saturated carbocycles. The highest BCUT2D eigenvalue weighted by Gasteiger charge is 2.25. The van der Waals surface area contributed by atoms with Crippen molar-refractivity contribution in [2.45, 2.75) is 13.0 Å². The second-order valence-corrected chi connectivity index (χ2v) is 4.33. The summed E-state index contributed by atoms with van der Waals surface area (Å²) in [5, 5.41) is 8.66. The first-order chi connectivity index (χ1) is 5.65. The molecule has 5 heteroatoms. The van der Waals surface area contributed by atoms with E-state index in [0.29, 0.717) is 0 Å². The van der Waals surface area contributed by atoms with Crippen LogP contribution in [0.4, 0.5) is 0 Å². The maximum atomic E-state index is 11.1. The summed E-state index contributed by atoms with van der Waals surface area (Å²) in [4.78, 5) is 12.9. The maximum absolute atomic E-state index is 11.1. The highest BCUT2D eigenvalue weighted by Crippen LogP contribution is 2.12. The molecule has 0 aromatic heterocycles. The third kappa shape index (κ3) is 2.30. The minimum atomic E-state index is -0.369. The number of hydrogen-bond acceptors (Lipinski definition) is 3. The molecule has 1 saturated heterocycles. The number of piperazine rings is 1. The van der Waals surface area contributed by atoms with Crippen molar-refractivity contribution in [2.75, 3.05) is 26.2 Å². The van der Waals surface area contributed by atoms with E-state index < -0.39 is 0 Å². The summed E-state index contributed by atoms with van der Waals surface area (Å²) in [6.45, 7) is 4.12. The molecule has 0 spiro atoms. The van der Waals surface area contributed by atoms with Crippen molar-refractivity contribution in [3.05, 3.63) is 0 Å². The molecule has 70 valence electrons. The van der Waals surface area contributed by atoms with Crippen LogP contribution in [0.5, 0.6) is 0 Å². The zero-order valence-electron chi connectivity index (χ0n) is 7.03. The van der Waals surface area contributed by atoms with Crippen LogP contribution in [-0.4, -0.2) is 51.3 Å². The van der Waals surface area contributed by atoms with Crippen molar-refractivity contribution in [2.24, 2.45) is 0 Å². The SMILES string of the molecule is C[C@@H]1CN(I)CCN1C(=O)CO. The topological polar surface area (TPSA) is 43.8 Å². The van der Waals surface area contributed by atoms with Gasteiger partial charge in [0, 0.05) is 48.5 Å². The summed E-state index contributed by atoms with van der Waals surface area (Å²) in [5.74, 6) is -0.160. The number of halogens is 1. The molecule has 12 heavy (non-hydrogen) atoms. The van der Waals surface area contributed by atoms with Gasteiger partial charge in [-0.15, -0.1) is 0 Å². The first-order valence-electron chi connectivity index (χ1n) is 3.96. The Morgan fingerprint density at radius 1 is 1.67 bits per heavy atom. The second kappa shape index (κ2) is 4.38. The molecule has 1 atom stereocenters. The average Bonchev–Trinajstić information content (AvgIpc) is 2.03. The highest BCUT2D eigenvalue weighted by molar-refractivity contribution is 14.1. The van der Waals surface area contributed by atoms with Crippen LogP contribution in [0.1, 0.15) is 6.92 Å². The highest BCUT2D eigenvalue weighted by atomic mass is 127.